The number of nitrogens with zero attached hydrogens (tertiary/aromatic N) is 3. The minimum atomic E-state index is -0.612. The molecule has 1 fully saturated rings. The minimum absolute atomic E-state index is 0.0277. The number of aryl methyl sites for hydroxylation is 2. The molecule has 0 spiro atoms. The molecule has 2 heterocycles. The molecular formula is C21H29N3O3S. The molecule has 0 saturated heterocycles. The van der Waals surface area contributed by atoms with Crippen molar-refractivity contribution in [1.29, 1.82) is 0 Å². The third-order valence-corrected chi connectivity index (χ3v) is 6.57. The van der Waals surface area contributed by atoms with Crippen LogP contribution in [0.15, 0.2) is 23.4 Å². The molecule has 0 radical (unpaired) electrons. The largest absolute Gasteiger partial charge is 0.465 e. The summed E-state index contributed by atoms with van der Waals surface area (Å²) in [6.07, 6.45) is 7.22. The van der Waals surface area contributed by atoms with E-state index in [-0.39, 0.29) is 23.2 Å². The summed E-state index contributed by atoms with van der Waals surface area (Å²) in [4.78, 5) is 37.0. The van der Waals surface area contributed by atoms with E-state index in [1.165, 1.54) is 11.8 Å². The summed E-state index contributed by atoms with van der Waals surface area (Å²) in [5.41, 5.74) is 1.17. The molecule has 7 heteroatoms. The van der Waals surface area contributed by atoms with E-state index < -0.39 is 5.41 Å². The van der Waals surface area contributed by atoms with Crippen molar-refractivity contribution in [2.75, 3.05) is 13.2 Å². The number of fused-ring (bicyclic) bond motifs is 1. The monoisotopic (exact) mass is 403 g/mol. The van der Waals surface area contributed by atoms with Gasteiger partial charge in [0.1, 0.15) is 0 Å². The van der Waals surface area contributed by atoms with Crippen LogP contribution in [0.4, 0.5) is 0 Å². The third kappa shape index (κ3) is 4.09. The summed E-state index contributed by atoms with van der Waals surface area (Å²) in [5.74, 6) is -0.139. The highest BCUT2D eigenvalue weighted by Crippen LogP contribution is 2.47. The Balaban J connectivity index is 1.81. The van der Waals surface area contributed by atoms with Crippen LogP contribution in [-0.2, 0) is 14.3 Å². The van der Waals surface area contributed by atoms with Crippen LogP contribution in [0.2, 0.25) is 0 Å². The van der Waals surface area contributed by atoms with Crippen molar-refractivity contribution in [3.05, 3.63) is 29.6 Å². The number of esters is 1. The Bertz CT molecular complexity index is 762. The van der Waals surface area contributed by atoms with Crippen LogP contribution in [-0.4, -0.2) is 51.2 Å². The Hall–Kier alpha value is -1.89. The molecule has 1 unspecified atom stereocenters. The zero-order valence-electron chi connectivity index (χ0n) is 17.1. The van der Waals surface area contributed by atoms with Gasteiger partial charge in [-0.25, -0.2) is 9.97 Å². The van der Waals surface area contributed by atoms with Crippen molar-refractivity contribution in [2.24, 2.45) is 5.41 Å². The van der Waals surface area contributed by atoms with Gasteiger partial charge in [-0.1, -0.05) is 30.3 Å². The summed E-state index contributed by atoms with van der Waals surface area (Å²) in [7, 11) is 0. The van der Waals surface area contributed by atoms with Crippen LogP contribution in [0.1, 0.15) is 50.9 Å². The number of hydrogen-bond donors (Lipinski definition) is 0. The SMILES string of the molecule is CCOC(=O)[C@@]12CC=CCN(C(=O)C(C)Sc3nc(C)cc(C)n3)[C@@H]1CCC2. The van der Waals surface area contributed by atoms with E-state index in [4.69, 9.17) is 4.74 Å². The molecule has 6 nitrogen and oxygen atoms in total. The predicted molar refractivity (Wildman–Crippen MR) is 109 cm³/mol. The molecule has 1 saturated carbocycles. The van der Waals surface area contributed by atoms with Crippen LogP contribution in [0, 0.1) is 19.3 Å². The molecule has 1 amide bonds. The fraction of sp³-hybridized carbons (Fsp3) is 0.619. The molecule has 2 aliphatic rings. The lowest BCUT2D eigenvalue weighted by Gasteiger charge is -2.39. The van der Waals surface area contributed by atoms with E-state index in [0.29, 0.717) is 24.7 Å². The Labute approximate surface area is 171 Å². The molecule has 28 heavy (non-hydrogen) atoms. The number of carbonyl (C=O) groups excluding carboxylic acids is 2. The molecule has 0 bridgehead atoms. The standard InChI is InChI=1S/C21H29N3O3S/c1-5-27-19(26)21-10-6-7-12-24(17(21)9-8-11-21)18(25)16(4)28-20-22-14(2)13-15(3)23-20/h6-7,13,16-17H,5,8-12H2,1-4H3/t16?,17-,21-/m1/s1. The summed E-state index contributed by atoms with van der Waals surface area (Å²) in [6.45, 7) is 8.47. The maximum Gasteiger partial charge on any atom is 0.314 e. The zero-order chi connectivity index (χ0) is 20.3. The molecule has 3 rings (SSSR count). The maximum atomic E-state index is 13.4. The first-order valence-corrected chi connectivity index (χ1v) is 10.9. The number of allylic oxidation sites excluding steroid dienone is 1. The van der Waals surface area contributed by atoms with Gasteiger partial charge < -0.3 is 9.64 Å². The molecule has 0 N–H and O–H groups in total. The molecular weight excluding hydrogens is 374 g/mol. The summed E-state index contributed by atoms with van der Waals surface area (Å²) >= 11 is 1.38. The van der Waals surface area contributed by atoms with Gasteiger partial charge in [-0.05, 0) is 53.0 Å². The van der Waals surface area contributed by atoms with E-state index in [9.17, 15) is 9.59 Å². The van der Waals surface area contributed by atoms with Crippen LogP contribution >= 0.6 is 11.8 Å². The summed E-state index contributed by atoms with van der Waals surface area (Å²) in [6, 6.07) is 1.81. The molecule has 1 aromatic heterocycles. The Kier molecular flexibility index (Phi) is 6.43. The average Bonchev–Trinajstić information content (AvgIpc) is 2.97. The van der Waals surface area contributed by atoms with Crippen LogP contribution in [0.3, 0.4) is 0 Å². The fourth-order valence-electron chi connectivity index (χ4n) is 4.38. The first-order valence-electron chi connectivity index (χ1n) is 9.99. The van der Waals surface area contributed by atoms with Gasteiger partial charge >= 0.3 is 5.97 Å². The van der Waals surface area contributed by atoms with Gasteiger partial charge in [0, 0.05) is 24.0 Å². The van der Waals surface area contributed by atoms with Gasteiger partial charge in [0.05, 0.1) is 17.3 Å². The smallest absolute Gasteiger partial charge is 0.314 e. The second kappa shape index (κ2) is 8.64. The highest BCUT2D eigenvalue weighted by molar-refractivity contribution is 8.00. The van der Waals surface area contributed by atoms with E-state index in [1.54, 1.807) is 0 Å². The van der Waals surface area contributed by atoms with Gasteiger partial charge in [-0.15, -0.1) is 0 Å². The predicted octanol–water partition coefficient (Wildman–Crippen LogP) is 3.46. The van der Waals surface area contributed by atoms with Crippen molar-refractivity contribution in [3.8, 4) is 0 Å². The third-order valence-electron chi connectivity index (χ3n) is 5.62. The van der Waals surface area contributed by atoms with E-state index in [0.717, 1.165) is 30.7 Å². The first kappa shape index (κ1) is 20.8. The van der Waals surface area contributed by atoms with Gasteiger partial charge in [0.2, 0.25) is 5.91 Å². The maximum absolute atomic E-state index is 13.4. The van der Waals surface area contributed by atoms with E-state index in [1.807, 2.05) is 50.8 Å². The fourth-order valence-corrected chi connectivity index (χ4v) is 5.33. The number of rotatable bonds is 5. The molecule has 1 aliphatic heterocycles. The van der Waals surface area contributed by atoms with Gasteiger partial charge in [0.25, 0.3) is 0 Å². The number of ether oxygens (including phenoxy) is 1. The molecule has 152 valence electrons. The van der Waals surface area contributed by atoms with Crippen molar-refractivity contribution < 1.29 is 14.3 Å². The lowest BCUT2D eigenvalue weighted by atomic mass is 9.79. The Morgan fingerprint density at radius 2 is 2.04 bits per heavy atom. The van der Waals surface area contributed by atoms with Gasteiger partial charge in [0.15, 0.2) is 5.16 Å². The molecule has 3 atom stereocenters. The normalized spacial score (nSPS) is 25.1. The zero-order valence-corrected chi connectivity index (χ0v) is 17.9. The summed E-state index contributed by atoms with van der Waals surface area (Å²) < 4.78 is 5.42. The lowest BCUT2D eigenvalue weighted by Crippen LogP contribution is -2.52. The van der Waals surface area contributed by atoms with Crippen molar-refractivity contribution >= 4 is 23.6 Å². The number of carbonyl (C=O) groups is 2. The lowest BCUT2D eigenvalue weighted by molar-refractivity contribution is -0.159. The average molecular weight is 404 g/mol. The highest BCUT2D eigenvalue weighted by Gasteiger charge is 2.53. The van der Waals surface area contributed by atoms with Gasteiger partial charge in [-0.3, -0.25) is 9.59 Å². The van der Waals surface area contributed by atoms with Crippen LogP contribution in [0.25, 0.3) is 0 Å². The minimum Gasteiger partial charge on any atom is -0.465 e. The van der Waals surface area contributed by atoms with Crippen LogP contribution in [0.5, 0.6) is 0 Å². The highest BCUT2D eigenvalue weighted by atomic mass is 32.2. The number of hydrogen-bond acceptors (Lipinski definition) is 6. The van der Waals surface area contributed by atoms with Crippen molar-refractivity contribution in [1.82, 2.24) is 14.9 Å². The van der Waals surface area contributed by atoms with E-state index in [2.05, 4.69) is 9.97 Å². The second-order valence-corrected chi connectivity index (χ2v) is 8.95. The Morgan fingerprint density at radius 1 is 1.32 bits per heavy atom. The number of aromatic nitrogens is 2. The van der Waals surface area contributed by atoms with Crippen LogP contribution < -0.4 is 0 Å². The Morgan fingerprint density at radius 3 is 2.71 bits per heavy atom. The molecule has 1 aromatic rings. The number of thioether (sulfide) groups is 1. The van der Waals surface area contributed by atoms with Gasteiger partial charge in [-0.2, -0.15) is 0 Å². The number of amides is 1. The second-order valence-electron chi connectivity index (χ2n) is 7.64. The van der Waals surface area contributed by atoms with Crippen molar-refractivity contribution in [2.45, 2.75) is 69.8 Å². The first-order chi connectivity index (χ1) is 13.4. The van der Waals surface area contributed by atoms with E-state index >= 15 is 0 Å². The van der Waals surface area contributed by atoms with Crippen molar-refractivity contribution in [3.63, 3.8) is 0 Å². The summed E-state index contributed by atoms with van der Waals surface area (Å²) in [5, 5.41) is 0.292. The quantitative estimate of drug-likeness (QED) is 0.324. The molecule has 1 aliphatic carbocycles. The topological polar surface area (TPSA) is 72.4 Å². The molecule has 0 aromatic carbocycles.